The van der Waals surface area contributed by atoms with Crippen molar-refractivity contribution >= 4 is 9.84 Å². The first-order chi connectivity index (χ1) is 5.87. The predicted octanol–water partition coefficient (Wildman–Crippen LogP) is -0.300. The van der Waals surface area contributed by atoms with Gasteiger partial charge in [0.15, 0.2) is 0 Å². The Morgan fingerprint density at radius 3 is 2.15 bits per heavy atom. The summed E-state index contributed by atoms with van der Waals surface area (Å²) in [6.45, 7) is 5.98. The van der Waals surface area contributed by atoms with Gasteiger partial charge in [-0.25, -0.2) is 8.42 Å². The van der Waals surface area contributed by atoms with Crippen LogP contribution in [0.3, 0.4) is 0 Å². The average Bonchev–Trinajstić information content (AvgIpc) is 1.95. The van der Waals surface area contributed by atoms with E-state index >= 15 is 0 Å². The van der Waals surface area contributed by atoms with Crippen molar-refractivity contribution in [2.45, 2.75) is 19.9 Å². The molecule has 0 aromatic rings. The van der Waals surface area contributed by atoms with Crippen LogP contribution < -0.4 is 5.73 Å². The fourth-order valence-corrected chi connectivity index (χ4v) is 1.64. The van der Waals surface area contributed by atoms with Crippen molar-refractivity contribution in [2.24, 2.45) is 5.73 Å². The van der Waals surface area contributed by atoms with Gasteiger partial charge in [0.25, 0.3) is 0 Å². The summed E-state index contributed by atoms with van der Waals surface area (Å²) in [4.78, 5) is 2.07. The van der Waals surface area contributed by atoms with Crippen molar-refractivity contribution in [1.82, 2.24) is 4.90 Å². The third kappa shape index (κ3) is 6.98. The second kappa shape index (κ2) is 5.57. The molecule has 0 saturated carbocycles. The van der Waals surface area contributed by atoms with E-state index < -0.39 is 9.84 Å². The summed E-state index contributed by atoms with van der Waals surface area (Å²) < 4.78 is 21.8. The van der Waals surface area contributed by atoms with Crippen LogP contribution in [0, 0.1) is 0 Å². The molecule has 0 radical (unpaired) electrons. The Morgan fingerprint density at radius 2 is 1.85 bits per heavy atom. The third-order valence-corrected chi connectivity index (χ3v) is 2.82. The molecule has 0 aliphatic heterocycles. The normalized spacial score (nSPS) is 12.8. The van der Waals surface area contributed by atoms with Crippen LogP contribution >= 0.6 is 0 Å². The molecular formula is C8H20N2O2S. The fourth-order valence-electron chi connectivity index (χ4n) is 1.08. The molecule has 13 heavy (non-hydrogen) atoms. The molecule has 0 aromatic heterocycles. The molecule has 0 aromatic carbocycles. The van der Waals surface area contributed by atoms with Gasteiger partial charge < -0.3 is 5.73 Å². The first kappa shape index (κ1) is 12.9. The second-order valence-corrected chi connectivity index (χ2v) is 5.81. The van der Waals surface area contributed by atoms with Crippen LogP contribution in [0.5, 0.6) is 0 Å². The molecule has 0 saturated heterocycles. The molecule has 2 N–H and O–H groups in total. The molecule has 0 heterocycles. The highest BCUT2D eigenvalue weighted by molar-refractivity contribution is 7.90. The lowest BCUT2D eigenvalue weighted by atomic mass is 10.3. The molecular weight excluding hydrogens is 188 g/mol. The Morgan fingerprint density at radius 1 is 1.31 bits per heavy atom. The molecule has 0 amide bonds. The largest absolute Gasteiger partial charge is 0.329 e. The zero-order valence-corrected chi connectivity index (χ0v) is 9.47. The van der Waals surface area contributed by atoms with E-state index in [9.17, 15) is 8.42 Å². The summed E-state index contributed by atoms with van der Waals surface area (Å²) in [5.41, 5.74) is 5.42. The number of nitrogens with two attached hydrogens (primary N) is 1. The fraction of sp³-hybridized carbons (Fsp3) is 1.00. The quantitative estimate of drug-likeness (QED) is 0.651. The van der Waals surface area contributed by atoms with Crippen LogP contribution in [0.25, 0.3) is 0 Å². The highest BCUT2D eigenvalue weighted by atomic mass is 32.2. The standard InChI is InChI=1S/C8H20N2O2S/c1-8(2)10(5-4-9)6-7-13(3,11)12/h8H,4-7,9H2,1-3H3. The third-order valence-electron chi connectivity index (χ3n) is 1.90. The van der Waals surface area contributed by atoms with Gasteiger partial charge in [0.05, 0.1) is 5.75 Å². The average molecular weight is 208 g/mol. The lowest BCUT2D eigenvalue weighted by Gasteiger charge is -2.25. The minimum atomic E-state index is -2.85. The van der Waals surface area contributed by atoms with Crippen molar-refractivity contribution in [3.8, 4) is 0 Å². The first-order valence-electron chi connectivity index (χ1n) is 4.48. The number of nitrogens with zero attached hydrogens (tertiary/aromatic N) is 1. The maximum absolute atomic E-state index is 10.9. The van der Waals surface area contributed by atoms with Gasteiger partial charge in [-0.15, -0.1) is 0 Å². The molecule has 0 atom stereocenters. The molecule has 0 fully saturated rings. The Balaban J connectivity index is 3.97. The van der Waals surface area contributed by atoms with E-state index in [1.54, 1.807) is 0 Å². The minimum absolute atomic E-state index is 0.213. The monoisotopic (exact) mass is 208 g/mol. The van der Waals surface area contributed by atoms with Crippen LogP contribution in [0.15, 0.2) is 0 Å². The molecule has 4 nitrogen and oxygen atoms in total. The van der Waals surface area contributed by atoms with Crippen molar-refractivity contribution in [3.05, 3.63) is 0 Å². The zero-order valence-electron chi connectivity index (χ0n) is 8.66. The van der Waals surface area contributed by atoms with Crippen LogP contribution in [0.4, 0.5) is 0 Å². The second-order valence-electron chi connectivity index (χ2n) is 3.55. The smallest absolute Gasteiger partial charge is 0.148 e. The highest BCUT2D eigenvalue weighted by Gasteiger charge is 2.11. The Kier molecular flexibility index (Phi) is 5.51. The van der Waals surface area contributed by atoms with E-state index in [-0.39, 0.29) is 5.75 Å². The number of rotatable bonds is 6. The van der Waals surface area contributed by atoms with Gasteiger partial charge >= 0.3 is 0 Å². The van der Waals surface area contributed by atoms with Crippen LogP contribution in [0.2, 0.25) is 0 Å². The summed E-state index contributed by atoms with van der Waals surface area (Å²) in [5.74, 6) is 0.213. The van der Waals surface area contributed by atoms with Crippen molar-refractivity contribution in [2.75, 3.05) is 31.6 Å². The van der Waals surface area contributed by atoms with Crippen molar-refractivity contribution in [1.29, 1.82) is 0 Å². The summed E-state index contributed by atoms with van der Waals surface area (Å²) in [6.07, 6.45) is 1.26. The summed E-state index contributed by atoms with van der Waals surface area (Å²) >= 11 is 0. The number of hydrogen-bond acceptors (Lipinski definition) is 4. The summed E-state index contributed by atoms with van der Waals surface area (Å²) in [7, 11) is -2.85. The molecule has 0 unspecified atom stereocenters. The van der Waals surface area contributed by atoms with Crippen LogP contribution in [-0.4, -0.2) is 51.0 Å². The summed E-state index contributed by atoms with van der Waals surface area (Å²) in [5, 5.41) is 0. The Labute approximate surface area is 81.0 Å². The number of hydrogen-bond donors (Lipinski definition) is 1. The summed E-state index contributed by atoms with van der Waals surface area (Å²) in [6, 6.07) is 0.352. The van der Waals surface area contributed by atoms with E-state index in [0.717, 1.165) is 6.54 Å². The molecule has 5 heteroatoms. The van der Waals surface area contributed by atoms with E-state index in [0.29, 0.717) is 19.1 Å². The van der Waals surface area contributed by atoms with Crippen LogP contribution in [-0.2, 0) is 9.84 Å². The molecule has 0 bridgehead atoms. The first-order valence-corrected chi connectivity index (χ1v) is 6.54. The molecule has 0 rings (SSSR count). The van der Waals surface area contributed by atoms with Gasteiger partial charge in [-0.05, 0) is 13.8 Å². The van der Waals surface area contributed by atoms with Crippen molar-refractivity contribution in [3.63, 3.8) is 0 Å². The van der Waals surface area contributed by atoms with E-state index in [2.05, 4.69) is 4.90 Å². The Hall–Kier alpha value is -0.130. The maximum atomic E-state index is 10.9. The van der Waals surface area contributed by atoms with Gasteiger partial charge in [0.2, 0.25) is 0 Å². The zero-order chi connectivity index (χ0) is 10.5. The topological polar surface area (TPSA) is 63.4 Å². The molecule has 0 aliphatic carbocycles. The highest BCUT2D eigenvalue weighted by Crippen LogP contribution is 1.97. The maximum Gasteiger partial charge on any atom is 0.148 e. The Bertz CT molecular complexity index is 224. The van der Waals surface area contributed by atoms with Crippen molar-refractivity contribution < 1.29 is 8.42 Å². The van der Waals surface area contributed by atoms with Gasteiger partial charge in [-0.3, -0.25) is 4.90 Å². The van der Waals surface area contributed by atoms with Gasteiger partial charge in [0, 0.05) is 31.9 Å². The lowest BCUT2D eigenvalue weighted by Crippen LogP contribution is -2.38. The predicted molar refractivity (Wildman–Crippen MR) is 55.5 cm³/mol. The SMILES string of the molecule is CC(C)N(CCN)CCS(C)(=O)=O. The van der Waals surface area contributed by atoms with E-state index in [4.69, 9.17) is 5.73 Å². The lowest BCUT2D eigenvalue weighted by molar-refractivity contribution is 0.241. The van der Waals surface area contributed by atoms with Crippen LogP contribution in [0.1, 0.15) is 13.8 Å². The van der Waals surface area contributed by atoms with E-state index in [1.807, 2.05) is 13.8 Å². The number of sulfone groups is 1. The molecule has 0 spiro atoms. The molecule has 80 valence electrons. The van der Waals surface area contributed by atoms with Gasteiger partial charge in [0.1, 0.15) is 9.84 Å². The van der Waals surface area contributed by atoms with Gasteiger partial charge in [-0.2, -0.15) is 0 Å². The van der Waals surface area contributed by atoms with Gasteiger partial charge in [-0.1, -0.05) is 0 Å². The van der Waals surface area contributed by atoms with E-state index in [1.165, 1.54) is 6.26 Å². The molecule has 0 aliphatic rings. The minimum Gasteiger partial charge on any atom is -0.329 e.